The highest BCUT2D eigenvalue weighted by Crippen LogP contribution is 2.27. The smallest absolute Gasteiger partial charge is 0.191 e. The number of rotatable bonds is 8. The van der Waals surface area contributed by atoms with E-state index in [4.69, 9.17) is 4.98 Å². The minimum atomic E-state index is 0.867. The molecule has 5 heteroatoms. The third kappa shape index (κ3) is 5.59. The maximum atomic E-state index is 4.80. The van der Waals surface area contributed by atoms with E-state index in [1.165, 1.54) is 49.2 Å². The first-order valence-electron chi connectivity index (χ1n) is 8.83. The van der Waals surface area contributed by atoms with E-state index in [-0.39, 0.29) is 0 Å². The van der Waals surface area contributed by atoms with Crippen molar-refractivity contribution in [2.45, 2.75) is 65.2 Å². The Hall–Kier alpha value is -1.10. The second-order valence-corrected chi connectivity index (χ2v) is 7.00. The number of aromatic nitrogens is 1. The number of unbranched alkanes of at least 4 members (excludes halogenated alkanes) is 1. The molecule has 0 bridgehead atoms. The summed E-state index contributed by atoms with van der Waals surface area (Å²) in [6.45, 7) is 7.10. The number of thiazole rings is 1. The van der Waals surface area contributed by atoms with Crippen LogP contribution in [0, 0.1) is 0 Å². The highest BCUT2D eigenvalue weighted by Gasteiger charge is 2.14. The molecule has 0 aliphatic heterocycles. The van der Waals surface area contributed by atoms with Crippen molar-refractivity contribution >= 4 is 17.3 Å². The van der Waals surface area contributed by atoms with Crippen molar-refractivity contribution in [2.24, 2.45) is 4.99 Å². The van der Waals surface area contributed by atoms with Gasteiger partial charge in [-0.2, -0.15) is 0 Å². The van der Waals surface area contributed by atoms with Crippen molar-refractivity contribution in [3.63, 3.8) is 0 Å². The standard InChI is InChI=1S/C17H30N4S/c1-3-5-12-19-17(18-4-2)20-13-8-11-16-21-14-9-6-7-10-15(14)22-16/h3-13H2,1-2H3,(H2,18,19,20). The zero-order valence-corrected chi connectivity index (χ0v) is 14.9. The van der Waals surface area contributed by atoms with Crippen molar-refractivity contribution < 1.29 is 0 Å². The lowest BCUT2D eigenvalue weighted by atomic mass is 10.0. The number of aliphatic imine (C=N–C) groups is 1. The lowest BCUT2D eigenvalue weighted by molar-refractivity contribution is 0.679. The van der Waals surface area contributed by atoms with E-state index >= 15 is 0 Å². The summed E-state index contributed by atoms with van der Waals surface area (Å²) >= 11 is 1.93. The van der Waals surface area contributed by atoms with Gasteiger partial charge in [-0.25, -0.2) is 4.98 Å². The Morgan fingerprint density at radius 1 is 1.18 bits per heavy atom. The van der Waals surface area contributed by atoms with E-state index in [0.717, 1.165) is 38.4 Å². The Morgan fingerprint density at radius 3 is 2.82 bits per heavy atom. The second-order valence-electron chi connectivity index (χ2n) is 5.83. The van der Waals surface area contributed by atoms with Crippen LogP contribution in [0.1, 0.15) is 61.5 Å². The average molecular weight is 323 g/mol. The zero-order chi connectivity index (χ0) is 15.6. The summed E-state index contributed by atoms with van der Waals surface area (Å²) in [5.41, 5.74) is 1.38. The molecule has 124 valence electrons. The Bertz CT molecular complexity index is 444. The fraction of sp³-hybridized carbons (Fsp3) is 0.765. The molecule has 2 N–H and O–H groups in total. The van der Waals surface area contributed by atoms with Crippen molar-refractivity contribution in [3.05, 3.63) is 15.6 Å². The van der Waals surface area contributed by atoms with E-state index in [1.807, 2.05) is 11.3 Å². The fourth-order valence-electron chi connectivity index (χ4n) is 2.66. The van der Waals surface area contributed by atoms with Crippen molar-refractivity contribution in [1.29, 1.82) is 0 Å². The van der Waals surface area contributed by atoms with Gasteiger partial charge >= 0.3 is 0 Å². The molecule has 2 rings (SSSR count). The summed E-state index contributed by atoms with van der Waals surface area (Å²) in [4.78, 5) is 11.0. The van der Waals surface area contributed by atoms with Gasteiger partial charge in [0.2, 0.25) is 0 Å². The summed E-state index contributed by atoms with van der Waals surface area (Å²) in [5, 5.41) is 8.00. The summed E-state index contributed by atoms with van der Waals surface area (Å²) in [5.74, 6) is 0.953. The zero-order valence-electron chi connectivity index (χ0n) is 14.1. The molecule has 1 aliphatic carbocycles. The molecule has 0 saturated carbocycles. The lowest BCUT2D eigenvalue weighted by Crippen LogP contribution is -2.37. The molecule has 0 fully saturated rings. The van der Waals surface area contributed by atoms with Gasteiger partial charge in [0, 0.05) is 30.9 Å². The number of guanidine groups is 1. The summed E-state index contributed by atoms with van der Waals surface area (Å²) < 4.78 is 0. The van der Waals surface area contributed by atoms with E-state index in [2.05, 4.69) is 29.5 Å². The van der Waals surface area contributed by atoms with Crippen LogP contribution < -0.4 is 10.6 Å². The lowest BCUT2D eigenvalue weighted by Gasteiger charge is -2.10. The van der Waals surface area contributed by atoms with Crippen LogP contribution in [0.25, 0.3) is 0 Å². The number of aryl methyl sites for hydroxylation is 3. The Kier molecular flexibility index (Phi) is 7.71. The molecule has 0 radical (unpaired) electrons. The normalized spacial score (nSPS) is 14.7. The maximum absolute atomic E-state index is 4.80. The number of fused-ring (bicyclic) bond motifs is 1. The second kappa shape index (κ2) is 9.82. The number of nitrogens with zero attached hydrogens (tertiary/aromatic N) is 2. The Morgan fingerprint density at radius 2 is 2.05 bits per heavy atom. The molecule has 0 aromatic carbocycles. The van der Waals surface area contributed by atoms with Gasteiger partial charge in [-0.3, -0.25) is 4.99 Å². The molecular weight excluding hydrogens is 292 g/mol. The van der Waals surface area contributed by atoms with Gasteiger partial charge < -0.3 is 10.6 Å². The maximum Gasteiger partial charge on any atom is 0.191 e. The molecule has 0 amide bonds. The number of nitrogens with one attached hydrogen (secondary N) is 2. The first-order valence-corrected chi connectivity index (χ1v) is 9.64. The highest BCUT2D eigenvalue weighted by molar-refractivity contribution is 7.11. The van der Waals surface area contributed by atoms with E-state index in [1.54, 1.807) is 4.88 Å². The van der Waals surface area contributed by atoms with Gasteiger partial charge in [-0.05, 0) is 45.4 Å². The van der Waals surface area contributed by atoms with Crippen LogP contribution in [0.3, 0.4) is 0 Å². The quantitative estimate of drug-likeness (QED) is 0.438. The van der Waals surface area contributed by atoms with Crippen molar-refractivity contribution in [3.8, 4) is 0 Å². The molecule has 22 heavy (non-hydrogen) atoms. The van der Waals surface area contributed by atoms with Gasteiger partial charge in [0.05, 0.1) is 10.7 Å². The molecule has 1 aliphatic rings. The van der Waals surface area contributed by atoms with Crippen molar-refractivity contribution in [2.75, 3.05) is 19.6 Å². The molecule has 0 unspecified atom stereocenters. The van der Waals surface area contributed by atoms with Gasteiger partial charge in [-0.1, -0.05) is 13.3 Å². The molecule has 0 spiro atoms. The molecular formula is C17H30N4S. The topological polar surface area (TPSA) is 49.3 Å². The molecule has 0 atom stereocenters. The average Bonchev–Trinajstić information content (AvgIpc) is 2.94. The largest absolute Gasteiger partial charge is 0.357 e. The fourth-order valence-corrected chi connectivity index (χ4v) is 3.86. The Balaban J connectivity index is 1.73. The van der Waals surface area contributed by atoms with E-state index in [0.29, 0.717) is 0 Å². The first kappa shape index (κ1) is 17.3. The minimum Gasteiger partial charge on any atom is -0.357 e. The van der Waals surface area contributed by atoms with Crippen LogP contribution in [0.15, 0.2) is 4.99 Å². The van der Waals surface area contributed by atoms with Crippen LogP contribution in [0.2, 0.25) is 0 Å². The van der Waals surface area contributed by atoms with Crippen LogP contribution in [-0.2, 0) is 19.3 Å². The van der Waals surface area contributed by atoms with Gasteiger partial charge in [0.15, 0.2) is 5.96 Å². The first-order chi connectivity index (χ1) is 10.8. The van der Waals surface area contributed by atoms with Crippen molar-refractivity contribution in [1.82, 2.24) is 15.6 Å². The number of hydrogen-bond acceptors (Lipinski definition) is 3. The predicted octanol–water partition coefficient (Wildman–Crippen LogP) is 3.31. The van der Waals surface area contributed by atoms with Crippen LogP contribution >= 0.6 is 11.3 Å². The van der Waals surface area contributed by atoms with Crippen LogP contribution in [-0.4, -0.2) is 30.6 Å². The van der Waals surface area contributed by atoms with Gasteiger partial charge in [0.25, 0.3) is 0 Å². The van der Waals surface area contributed by atoms with Gasteiger partial charge in [-0.15, -0.1) is 11.3 Å². The third-order valence-electron chi connectivity index (χ3n) is 3.88. The summed E-state index contributed by atoms with van der Waals surface area (Å²) in [6.07, 6.45) is 9.64. The van der Waals surface area contributed by atoms with Gasteiger partial charge in [0.1, 0.15) is 0 Å². The predicted molar refractivity (Wildman–Crippen MR) is 96.0 cm³/mol. The van der Waals surface area contributed by atoms with E-state index < -0.39 is 0 Å². The SMILES string of the molecule is CCCCNC(=NCCCc1nc2c(s1)CCCC2)NCC. The minimum absolute atomic E-state index is 0.867. The highest BCUT2D eigenvalue weighted by atomic mass is 32.1. The molecule has 1 heterocycles. The monoisotopic (exact) mass is 322 g/mol. The number of hydrogen-bond donors (Lipinski definition) is 2. The summed E-state index contributed by atoms with van der Waals surface area (Å²) in [7, 11) is 0. The summed E-state index contributed by atoms with van der Waals surface area (Å²) in [6, 6.07) is 0. The molecule has 1 aromatic heterocycles. The molecule has 1 aromatic rings. The molecule has 0 saturated heterocycles. The van der Waals surface area contributed by atoms with Crippen LogP contribution in [0.5, 0.6) is 0 Å². The third-order valence-corrected chi connectivity index (χ3v) is 5.09. The molecule has 4 nitrogen and oxygen atoms in total. The van der Waals surface area contributed by atoms with E-state index in [9.17, 15) is 0 Å². The Labute approximate surface area is 138 Å². The van der Waals surface area contributed by atoms with Crippen LogP contribution in [0.4, 0.5) is 0 Å².